The van der Waals surface area contributed by atoms with Crippen molar-refractivity contribution in [3.8, 4) is 6.07 Å². The zero-order chi connectivity index (χ0) is 17.8. The average Bonchev–Trinajstić information content (AvgIpc) is 3.03. The van der Waals surface area contributed by atoms with E-state index >= 15 is 0 Å². The summed E-state index contributed by atoms with van der Waals surface area (Å²) in [5.41, 5.74) is 3.71. The van der Waals surface area contributed by atoms with Crippen molar-refractivity contribution in [1.29, 1.82) is 5.26 Å². The third kappa shape index (κ3) is 3.65. The van der Waals surface area contributed by atoms with Gasteiger partial charge in [0.2, 0.25) is 0 Å². The van der Waals surface area contributed by atoms with Gasteiger partial charge in [-0.2, -0.15) is 5.26 Å². The van der Waals surface area contributed by atoms with E-state index in [1.54, 1.807) is 0 Å². The highest BCUT2D eigenvalue weighted by atomic mass is 16.5. The van der Waals surface area contributed by atoms with Crippen LogP contribution < -0.4 is 0 Å². The van der Waals surface area contributed by atoms with Crippen LogP contribution in [0.2, 0.25) is 0 Å². The molecule has 2 fully saturated rings. The number of pyridine rings is 1. The van der Waals surface area contributed by atoms with Crippen LogP contribution in [0.3, 0.4) is 0 Å². The number of rotatable bonds is 6. The summed E-state index contributed by atoms with van der Waals surface area (Å²) < 4.78 is 5.54. The third-order valence-electron chi connectivity index (χ3n) is 6.09. The fourth-order valence-electron chi connectivity index (χ4n) is 4.34. The van der Waals surface area contributed by atoms with Crippen molar-refractivity contribution in [3.63, 3.8) is 0 Å². The van der Waals surface area contributed by atoms with Gasteiger partial charge in [-0.05, 0) is 60.5 Å². The van der Waals surface area contributed by atoms with Crippen molar-refractivity contribution in [2.45, 2.75) is 25.8 Å². The summed E-state index contributed by atoms with van der Waals surface area (Å²) in [7, 11) is 0. The number of nitrogens with zero attached hydrogens (tertiary/aromatic N) is 3. The molecule has 1 atom stereocenters. The second-order valence-corrected chi connectivity index (χ2v) is 7.73. The lowest BCUT2D eigenvalue weighted by atomic mass is 9.70. The number of aromatic nitrogens is 1. The van der Waals surface area contributed by atoms with Gasteiger partial charge in [0.05, 0.1) is 24.8 Å². The summed E-state index contributed by atoms with van der Waals surface area (Å²) in [4.78, 5) is 6.82. The average molecular weight is 347 g/mol. The molecule has 2 aliphatic heterocycles. The van der Waals surface area contributed by atoms with Crippen LogP contribution >= 0.6 is 0 Å². The Labute approximate surface area is 155 Å². The molecular weight excluding hydrogens is 322 g/mol. The molecule has 0 amide bonds. The van der Waals surface area contributed by atoms with Gasteiger partial charge in [0.25, 0.3) is 0 Å². The number of ether oxygens (including phenoxy) is 1. The van der Waals surface area contributed by atoms with Gasteiger partial charge >= 0.3 is 0 Å². The maximum absolute atomic E-state index is 8.96. The second-order valence-electron chi connectivity index (χ2n) is 7.73. The first-order chi connectivity index (χ1) is 12.8. The van der Waals surface area contributed by atoms with Crippen LogP contribution in [0.15, 0.2) is 48.8 Å². The van der Waals surface area contributed by atoms with Crippen LogP contribution in [0.4, 0.5) is 0 Å². The number of aryl methyl sites for hydroxylation is 1. The predicted octanol–water partition coefficient (Wildman–Crippen LogP) is 3.42. The van der Waals surface area contributed by atoms with Crippen molar-refractivity contribution in [2.75, 3.05) is 26.3 Å². The molecule has 4 nitrogen and oxygen atoms in total. The first-order valence-corrected chi connectivity index (χ1v) is 9.45. The molecule has 3 heterocycles. The summed E-state index contributed by atoms with van der Waals surface area (Å²) in [6.45, 7) is 5.10. The Hall–Kier alpha value is -2.22. The quantitative estimate of drug-likeness (QED) is 0.803. The van der Waals surface area contributed by atoms with Gasteiger partial charge in [-0.3, -0.25) is 9.88 Å². The fourth-order valence-corrected chi connectivity index (χ4v) is 4.34. The Bertz CT molecular complexity index is 764. The molecule has 4 heteroatoms. The van der Waals surface area contributed by atoms with Crippen LogP contribution in [0.5, 0.6) is 0 Å². The molecule has 1 aromatic carbocycles. The molecule has 0 unspecified atom stereocenters. The van der Waals surface area contributed by atoms with Crippen LogP contribution in [-0.4, -0.2) is 36.2 Å². The number of nitriles is 1. The lowest BCUT2D eigenvalue weighted by Gasteiger charge is -2.43. The lowest BCUT2D eigenvalue weighted by Crippen LogP contribution is -2.45. The molecule has 0 spiro atoms. The smallest absolute Gasteiger partial charge is 0.0991 e. The minimum Gasteiger partial charge on any atom is -0.381 e. The maximum atomic E-state index is 8.96. The van der Waals surface area contributed by atoms with Gasteiger partial charge in [0, 0.05) is 31.4 Å². The van der Waals surface area contributed by atoms with Crippen molar-refractivity contribution in [2.24, 2.45) is 11.3 Å². The Kier molecular flexibility index (Phi) is 5.01. The summed E-state index contributed by atoms with van der Waals surface area (Å²) in [5, 5.41) is 8.96. The molecule has 0 aliphatic carbocycles. The second kappa shape index (κ2) is 7.57. The third-order valence-corrected chi connectivity index (χ3v) is 6.09. The highest BCUT2D eigenvalue weighted by Gasteiger charge is 2.46. The molecule has 2 aromatic rings. The monoisotopic (exact) mass is 347 g/mol. The van der Waals surface area contributed by atoms with Crippen molar-refractivity contribution < 1.29 is 4.74 Å². The van der Waals surface area contributed by atoms with E-state index in [4.69, 9.17) is 10.00 Å². The van der Waals surface area contributed by atoms with Crippen molar-refractivity contribution in [3.05, 3.63) is 65.5 Å². The molecule has 0 radical (unpaired) electrons. The Morgan fingerprint density at radius 1 is 1.19 bits per heavy atom. The minimum absolute atomic E-state index is 0.356. The molecule has 0 bridgehead atoms. The molecule has 4 rings (SSSR count). The van der Waals surface area contributed by atoms with E-state index < -0.39 is 0 Å². The van der Waals surface area contributed by atoms with Gasteiger partial charge in [-0.1, -0.05) is 18.2 Å². The molecule has 2 saturated heterocycles. The van der Waals surface area contributed by atoms with Gasteiger partial charge in [0.15, 0.2) is 0 Å². The minimum atomic E-state index is 0.356. The molecule has 1 aromatic heterocycles. The van der Waals surface area contributed by atoms with Crippen LogP contribution in [0.25, 0.3) is 0 Å². The summed E-state index contributed by atoms with van der Waals surface area (Å²) in [5.74, 6) is 0.680. The summed E-state index contributed by atoms with van der Waals surface area (Å²) in [6.07, 6.45) is 7.32. The van der Waals surface area contributed by atoms with Crippen LogP contribution in [-0.2, 0) is 17.7 Å². The Balaban J connectivity index is 1.42. The van der Waals surface area contributed by atoms with Gasteiger partial charge in [-0.25, -0.2) is 0 Å². The van der Waals surface area contributed by atoms with Gasteiger partial charge in [-0.15, -0.1) is 0 Å². The van der Waals surface area contributed by atoms with Crippen molar-refractivity contribution >= 4 is 0 Å². The van der Waals surface area contributed by atoms with E-state index in [1.807, 2.05) is 30.6 Å². The molecule has 2 aliphatic rings. The molecule has 26 heavy (non-hydrogen) atoms. The van der Waals surface area contributed by atoms with E-state index in [1.165, 1.54) is 24.0 Å². The Morgan fingerprint density at radius 2 is 2.04 bits per heavy atom. The highest BCUT2D eigenvalue weighted by Crippen LogP contribution is 2.45. The predicted molar refractivity (Wildman–Crippen MR) is 100 cm³/mol. The first kappa shape index (κ1) is 17.2. The maximum Gasteiger partial charge on any atom is 0.0991 e. The van der Waals surface area contributed by atoms with E-state index in [0.29, 0.717) is 11.3 Å². The van der Waals surface area contributed by atoms with Gasteiger partial charge < -0.3 is 4.74 Å². The number of benzene rings is 1. The molecular formula is C22H25N3O. The standard InChI is InChI=1S/C22H25N3O/c23-12-19-5-3-18(4-6-19)7-8-22(21-15-26-16-21)9-11-25(17-22)14-20-2-1-10-24-13-20/h1-6,10,13,21H,7-9,11,14-17H2/t22-/m0/s1. The summed E-state index contributed by atoms with van der Waals surface area (Å²) in [6, 6.07) is 14.4. The Morgan fingerprint density at radius 3 is 2.69 bits per heavy atom. The van der Waals surface area contributed by atoms with E-state index in [9.17, 15) is 0 Å². The number of likely N-dealkylation sites (tertiary alicyclic amines) is 1. The molecule has 0 N–H and O–H groups in total. The van der Waals surface area contributed by atoms with E-state index in [2.05, 4.69) is 34.2 Å². The normalized spacial score (nSPS) is 23.5. The first-order valence-electron chi connectivity index (χ1n) is 9.45. The van der Waals surface area contributed by atoms with E-state index in [-0.39, 0.29) is 0 Å². The van der Waals surface area contributed by atoms with Gasteiger partial charge in [0.1, 0.15) is 0 Å². The molecule has 134 valence electrons. The summed E-state index contributed by atoms with van der Waals surface area (Å²) >= 11 is 0. The molecule has 0 saturated carbocycles. The van der Waals surface area contributed by atoms with Crippen LogP contribution in [0.1, 0.15) is 29.5 Å². The fraction of sp³-hybridized carbons (Fsp3) is 0.455. The van der Waals surface area contributed by atoms with Crippen molar-refractivity contribution in [1.82, 2.24) is 9.88 Å². The zero-order valence-electron chi connectivity index (χ0n) is 15.1. The lowest BCUT2D eigenvalue weighted by molar-refractivity contribution is -0.0987. The largest absolute Gasteiger partial charge is 0.381 e. The van der Waals surface area contributed by atoms with E-state index in [0.717, 1.165) is 44.8 Å². The zero-order valence-corrected chi connectivity index (χ0v) is 15.1. The number of hydrogen-bond acceptors (Lipinski definition) is 4. The number of hydrogen-bond donors (Lipinski definition) is 0. The SMILES string of the molecule is N#Cc1ccc(CC[C@]2(C3COC3)CCN(Cc3cccnc3)C2)cc1. The topological polar surface area (TPSA) is 49.1 Å². The van der Waals surface area contributed by atoms with Crippen LogP contribution in [0, 0.1) is 22.7 Å². The highest BCUT2D eigenvalue weighted by molar-refractivity contribution is 5.31.